The molecule has 156 valence electrons. The zero-order chi connectivity index (χ0) is 21.2. The molecule has 5 heterocycles. The first-order valence-electron chi connectivity index (χ1n) is 10.4. The molecular weight excluding hydrogens is 390 g/mol. The summed E-state index contributed by atoms with van der Waals surface area (Å²) in [6.07, 6.45) is 5.52. The summed E-state index contributed by atoms with van der Waals surface area (Å²) in [6.45, 7) is 4.86. The summed E-state index contributed by atoms with van der Waals surface area (Å²) in [5.41, 5.74) is 3.56. The number of aryl methyl sites for hydroxylation is 2. The van der Waals surface area contributed by atoms with Crippen LogP contribution in [0.25, 0.3) is 11.4 Å². The molecule has 0 spiro atoms. The van der Waals surface area contributed by atoms with Crippen LogP contribution in [0, 0.1) is 13.8 Å². The second kappa shape index (κ2) is 8.14. The number of hydrogen-bond donors (Lipinski definition) is 1. The second-order valence-electron chi connectivity index (χ2n) is 7.72. The van der Waals surface area contributed by atoms with Gasteiger partial charge in [0.25, 0.3) is 0 Å². The molecule has 1 fully saturated rings. The normalized spacial score (nSPS) is 15.9. The third-order valence-corrected chi connectivity index (χ3v) is 5.31. The van der Waals surface area contributed by atoms with E-state index in [0.717, 1.165) is 59.4 Å². The van der Waals surface area contributed by atoms with Crippen LogP contribution in [0.3, 0.4) is 0 Å². The van der Waals surface area contributed by atoms with Crippen LogP contribution in [0.1, 0.15) is 35.9 Å². The molecule has 1 N–H and O–H groups in total. The van der Waals surface area contributed by atoms with Gasteiger partial charge in [0.05, 0.1) is 11.7 Å². The Hall–Kier alpha value is -3.81. The number of anilines is 3. The predicted molar refractivity (Wildman–Crippen MR) is 118 cm³/mol. The highest BCUT2D eigenvalue weighted by Crippen LogP contribution is 2.36. The number of rotatable bonds is 5. The molecule has 5 rings (SSSR count). The van der Waals surface area contributed by atoms with E-state index in [9.17, 15) is 0 Å². The van der Waals surface area contributed by atoms with E-state index in [2.05, 4.69) is 25.3 Å². The van der Waals surface area contributed by atoms with Crippen molar-refractivity contribution in [3.63, 3.8) is 0 Å². The molecule has 0 aliphatic carbocycles. The Labute approximate surface area is 180 Å². The van der Waals surface area contributed by atoms with E-state index in [4.69, 9.17) is 14.5 Å². The minimum absolute atomic E-state index is 0.0386. The third kappa shape index (κ3) is 4.09. The molecule has 4 aromatic heterocycles. The van der Waals surface area contributed by atoms with E-state index in [0.29, 0.717) is 5.95 Å². The summed E-state index contributed by atoms with van der Waals surface area (Å²) in [4.78, 5) is 20.4. The quantitative estimate of drug-likeness (QED) is 0.506. The van der Waals surface area contributed by atoms with Crippen LogP contribution in [0.2, 0.25) is 0 Å². The average Bonchev–Trinajstić information content (AvgIpc) is 3.44. The summed E-state index contributed by atoms with van der Waals surface area (Å²) in [7, 11) is 0. The molecule has 8 heteroatoms. The molecule has 1 saturated heterocycles. The lowest BCUT2D eigenvalue weighted by Gasteiger charge is -2.23. The average molecular weight is 413 g/mol. The zero-order valence-electron chi connectivity index (χ0n) is 17.5. The molecule has 4 aromatic rings. The maximum atomic E-state index is 5.71. The number of hydrogen-bond acceptors (Lipinski definition) is 8. The van der Waals surface area contributed by atoms with Crippen molar-refractivity contribution >= 4 is 17.6 Å². The Bertz CT molecular complexity index is 1190. The number of pyridine rings is 2. The minimum Gasteiger partial charge on any atom is -0.358 e. The summed E-state index contributed by atoms with van der Waals surface area (Å²) < 4.78 is 5.71. The molecule has 31 heavy (non-hydrogen) atoms. The Kier molecular flexibility index (Phi) is 5.03. The fourth-order valence-corrected chi connectivity index (χ4v) is 3.86. The van der Waals surface area contributed by atoms with Gasteiger partial charge in [0.1, 0.15) is 17.3 Å². The molecule has 0 amide bonds. The van der Waals surface area contributed by atoms with Crippen LogP contribution in [0.4, 0.5) is 17.6 Å². The monoisotopic (exact) mass is 413 g/mol. The van der Waals surface area contributed by atoms with Gasteiger partial charge >= 0.3 is 0 Å². The molecule has 1 atom stereocenters. The van der Waals surface area contributed by atoms with E-state index >= 15 is 0 Å². The van der Waals surface area contributed by atoms with Crippen molar-refractivity contribution in [1.82, 2.24) is 25.1 Å². The van der Waals surface area contributed by atoms with E-state index < -0.39 is 0 Å². The fourth-order valence-electron chi connectivity index (χ4n) is 3.86. The summed E-state index contributed by atoms with van der Waals surface area (Å²) >= 11 is 0. The highest BCUT2D eigenvalue weighted by Gasteiger charge is 2.32. The van der Waals surface area contributed by atoms with E-state index in [1.165, 1.54) is 0 Å². The Balaban J connectivity index is 1.42. The van der Waals surface area contributed by atoms with Crippen molar-refractivity contribution in [1.29, 1.82) is 0 Å². The van der Waals surface area contributed by atoms with Gasteiger partial charge < -0.3 is 14.7 Å². The molecule has 1 aliphatic rings. The lowest BCUT2D eigenvalue weighted by atomic mass is 10.1. The summed E-state index contributed by atoms with van der Waals surface area (Å²) in [5.74, 6) is 2.96. The van der Waals surface area contributed by atoms with Gasteiger partial charge in [-0.2, -0.15) is 4.98 Å². The first kappa shape index (κ1) is 19.2. The molecule has 1 aliphatic heterocycles. The van der Waals surface area contributed by atoms with Crippen LogP contribution < -0.4 is 10.2 Å². The molecule has 0 saturated carbocycles. The molecular formula is C23H23N7O. The molecule has 0 aromatic carbocycles. The lowest BCUT2D eigenvalue weighted by molar-refractivity contribution is 0.362. The third-order valence-electron chi connectivity index (χ3n) is 5.31. The van der Waals surface area contributed by atoms with E-state index in [1.54, 1.807) is 12.4 Å². The lowest BCUT2D eigenvalue weighted by Crippen LogP contribution is -2.25. The number of nitrogens with one attached hydrogen (secondary N) is 1. The van der Waals surface area contributed by atoms with Gasteiger partial charge in [-0.1, -0.05) is 11.2 Å². The van der Waals surface area contributed by atoms with Gasteiger partial charge in [0, 0.05) is 36.8 Å². The summed E-state index contributed by atoms with van der Waals surface area (Å²) in [6, 6.07) is 13.6. The van der Waals surface area contributed by atoms with Crippen molar-refractivity contribution in [3.8, 4) is 11.4 Å². The van der Waals surface area contributed by atoms with Crippen LogP contribution in [-0.2, 0) is 0 Å². The van der Waals surface area contributed by atoms with Gasteiger partial charge in [0.2, 0.25) is 5.95 Å². The standard InChI is InChI=1S/C23H23N7O/c1-15-8-10-25-21(12-15)27-22-13-16(2)26-23(28-22)30-11-5-7-19(30)20-14-18(29-31-20)17-6-3-4-9-24-17/h3-4,6,8-10,12-14,19H,5,7,11H2,1-2H3,(H,25,26,27,28)/t19-/m0/s1. The van der Waals surface area contributed by atoms with Crippen LogP contribution in [0.15, 0.2) is 59.4 Å². The number of nitrogens with zero attached hydrogens (tertiary/aromatic N) is 6. The first-order chi connectivity index (χ1) is 15.2. The van der Waals surface area contributed by atoms with Gasteiger partial charge in [-0.05, 0) is 56.5 Å². The van der Waals surface area contributed by atoms with Gasteiger partial charge in [-0.25, -0.2) is 9.97 Å². The fraction of sp³-hybridized carbons (Fsp3) is 0.261. The van der Waals surface area contributed by atoms with Crippen LogP contribution in [0.5, 0.6) is 0 Å². The van der Waals surface area contributed by atoms with Crippen molar-refractivity contribution in [3.05, 3.63) is 71.9 Å². The largest absolute Gasteiger partial charge is 0.358 e. The molecule has 0 radical (unpaired) electrons. The second-order valence-corrected chi connectivity index (χ2v) is 7.72. The summed E-state index contributed by atoms with van der Waals surface area (Å²) in [5, 5.41) is 7.53. The minimum atomic E-state index is 0.0386. The Morgan fingerprint density at radius 1 is 0.968 bits per heavy atom. The highest BCUT2D eigenvalue weighted by atomic mass is 16.5. The van der Waals surface area contributed by atoms with Gasteiger partial charge in [-0.15, -0.1) is 0 Å². The van der Waals surface area contributed by atoms with E-state index in [-0.39, 0.29) is 6.04 Å². The molecule has 8 nitrogen and oxygen atoms in total. The number of aromatic nitrogens is 5. The maximum Gasteiger partial charge on any atom is 0.228 e. The zero-order valence-corrected chi connectivity index (χ0v) is 17.5. The van der Waals surface area contributed by atoms with E-state index in [1.807, 2.05) is 56.3 Å². The maximum absolute atomic E-state index is 5.71. The first-order valence-corrected chi connectivity index (χ1v) is 10.4. The van der Waals surface area contributed by atoms with Crippen LogP contribution in [-0.4, -0.2) is 31.6 Å². The van der Waals surface area contributed by atoms with Crippen LogP contribution >= 0.6 is 0 Å². The van der Waals surface area contributed by atoms with Crippen molar-refractivity contribution < 1.29 is 4.52 Å². The predicted octanol–water partition coefficient (Wildman–Crippen LogP) is 4.62. The Morgan fingerprint density at radius 3 is 2.74 bits per heavy atom. The van der Waals surface area contributed by atoms with Gasteiger partial charge in [-0.3, -0.25) is 4.98 Å². The Morgan fingerprint density at radius 2 is 1.90 bits per heavy atom. The van der Waals surface area contributed by atoms with Crippen molar-refractivity contribution in [2.24, 2.45) is 0 Å². The molecule has 0 bridgehead atoms. The van der Waals surface area contributed by atoms with Crippen molar-refractivity contribution in [2.75, 3.05) is 16.8 Å². The SMILES string of the molecule is Cc1ccnc(Nc2cc(C)nc(N3CCC[C@H]3c3cc(-c4ccccn4)no3)n2)c1. The molecule has 0 unspecified atom stereocenters. The topological polar surface area (TPSA) is 92.9 Å². The smallest absolute Gasteiger partial charge is 0.228 e. The highest BCUT2D eigenvalue weighted by molar-refractivity contribution is 5.56. The van der Waals surface area contributed by atoms with Crippen molar-refractivity contribution in [2.45, 2.75) is 32.7 Å². The van der Waals surface area contributed by atoms with Gasteiger partial charge in [0.15, 0.2) is 5.76 Å².